The number of anilines is 2. The van der Waals surface area contributed by atoms with E-state index in [1.807, 2.05) is 50.2 Å². The van der Waals surface area contributed by atoms with E-state index in [-0.39, 0.29) is 18.2 Å². The van der Waals surface area contributed by atoms with Crippen LogP contribution in [0, 0.1) is 13.8 Å². The lowest BCUT2D eigenvalue weighted by Gasteiger charge is -2.27. The first-order valence-corrected chi connectivity index (χ1v) is 9.47. The van der Waals surface area contributed by atoms with Crippen molar-refractivity contribution in [3.63, 3.8) is 0 Å². The van der Waals surface area contributed by atoms with Gasteiger partial charge >= 0.3 is 5.97 Å². The Kier molecular flexibility index (Phi) is 5.81. The largest absolute Gasteiger partial charge is 0.454 e. The normalized spacial score (nSPS) is 13.1. The highest BCUT2D eigenvalue weighted by Gasteiger charge is 2.26. The van der Waals surface area contributed by atoms with E-state index < -0.39 is 18.5 Å². The Balaban J connectivity index is 1.56. The maximum atomic E-state index is 12.2. The van der Waals surface area contributed by atoms with Crippen LogP contribution in [0.4, 0.5) is 11.4 Å². The quantitative estimate of drug-likeness (QED) is 0.802. The van der Waals surface area contributed by atoms with Crippen molar-refractivity contribution in [1.82, 2.24) is 0 Å². The number of carbonyl (C=O) groups excluding carboxylic acids is 3. The van der Waals surface area contributed by atoms with E-state index in [0.717, 1.165) is 16.0 Å². The van der Waals surface area contributed by atoms with Crippen LogP contribution < -0.4 is 10.2 Å². The number of nitrogens with one attached hydrogen (secondary N) is 1. The summed E-state index contributed by atoms with van der Waals surface area (Å²) in [6, 6.07) is 13.1. The number of thioether (sulfide) groups is 1. The summed E-state index contributed by atoms with van der Waals surface area (Å²) in [6.45, 7) is 3.21. The second-order valence-corrected chi connectivity index (χ2v) is 7.28. The maximum absolute atomic E-state index is 12.2. The summed E-state index contributed by atoms with van der Waals surface area (Å²) in [6.07, 6.45) is 0. The van der Waals surface area contributed by atoms with Gasteiger partial charge in [-0.05, 0) is 43.2 Å². The van der Waals surface area contributed by atoms with Gasteiger partial charge in [-0.1, -0.05) is 24.3 Å². The van der Waals surface area contributed by atoms with Crippen LogP contribution in [0.2, 0.25) is 0 Å². The number of fused-ring (bicyclic) bond motifs is 1. The second kappa shape index (κ2) is 8.26. The third kappa shape index (κ3) is 4.68. The minimum atomic E-state index is -0.624. The lowest BCUT2D eigenvalue weighted by Crippen LogP contribution is -2.40. The Morgan fingerprint density at radius 3 is 2.78 bits per heavy atom. The van der Waals surface area contributed by atoms with Crippen LogP contribution in [-0.2, 0) is 19.1 Å². The van der Waals surface area contributed by atoms with E-state index in [1.54, 1.807) is 6.07 Å². The van der Waals surface area contributed by atoms with E-state index >= 15 is 0 Å². The number of aryl methyl sites for hydroxylation is 2. The number of esters is 1. The van der Waals surface area contributed by atoms with E-state index in [9.17, 15) is 14.4 Å². The molecule has 1 N–H and O–H groups in total. The van der Waals surface area contributed by atoms with Crippen molar-refractivity contribution < 1.29 is 19.1 Å². The zero-order valence-corrected chi connectivity index (χ0v) is 16.0. The Morgan fingerprint density at radius 2 is 1.96 bits per heavy atom. The monoisotopic (exact) mass is 384 g/mol. The molecule has 1 heterocycles. The van der Waals surface area contributed by atoms with E-state index in [2.05, 4.69) is 5.32 Å². The van der Waals surface area contributed by atoms with Crippen LogP contribution in [0.25, 0.3) is 0 Å². The Hall–Kier alpha value is -2.80. The fourth-order valence-corrected chi connectivity index (χ4v) is 3.64. The second-order valence-electron chi connectivity index (χ2n) is 6.26. The van der Waals surface area contributed by atoms with Gasteiger partial charge in [-0.25, -0.2) is 0 Å². The van der Waals surface area contributed by atoms with Crippen molar-refractivity contribution >= 4 is 40.9 Å². The number of nitrogens with zero attached hydrogens (tertiary/aromatic N) is 1. The highest BCUT2D eigenvalue weighted by molar-refractivity contribution is 8.00. The summed E-state index contributed by atoms with van der Waals surface area (Å²) in [5.74, 6) is -0.924. The minimum Gasteiger partial charge on any atom is -0.454 e. The van der Waals surface area contributed by atoms with Gasteiger partial charge in [0, 0.05) is 10.6 Å². The molecule has 0 unspecified atom stereocenters. The number of benzene rings is 2. The molecule has 140 valence electrons. The number of hydrogen-bond donors (Lipinski definition) is 1. The molecule has 1 aliphatic heterocycles. The molecule has 0 radical (unpaired) electrons. The molecule has 7 heteroatoms. The van der Waals surface area contributed by atoms with Crippen molar-refractivity contribution in [2.75, 3.05) is 29.1 Å². The molecular weight excluding hydrogens is 364 g/mol. The average molecular weight is 384 g/mol. The highest BCUT2D eigenvalue weighted by Crippen LogP contribution is 2.34. The molecule has 0 saturated heterocycles. The van der Waals surface area contributed by atoms with Gasteiger partial charge in [0.25, 0.3) is 5.91 Å². The minimum absolute atomic E-state index is 0.157. The van der Waals surface area contributed by atoms with Crippen LogP contribution in [0.5, 0.6) is 0 Å². The van der Waals surface area contributed by atoms with E-state index in [1.165, 1.54) is 16.7 Å². The Bertz CT molecular complexity index is 897. The Morgan fingerprint density at radius 1 is 1.19 bits per heavy atom. The molecule has 6 nitrogen and oxygen atoms in total. The number of para-hydroxylation sites is 1. The molecule has 2 aromatic carbocycles. The standard InChI is InChI=1S/C20H20N2O4S/c1-13-7-8-14(2)15(9-13)21-18(23)11-26-20(25)10-22-16-5-3-4-6-17(16)27-12-19(22)24/h3-9H,10-12H2,1-2H3,(H,21,23). The molecule has 3 rings (SSSR count). The zero-order chi connectivity index (χ0) is 19.4. The first-order chi connectivity index (χ1) is 12.9. The molecule has 0 bridgehead atoms. The summed E-state index contributed by atoms with van der Waals surface area (Å²) in [5, 5.41) is 2.73. The fourth-order valence-electron chi connectivity index (χ4n) is 2.70. The van der Waals surface area contributed by atoms with Gasteiger partial charge in [0.05, 0.1) is 11.4 Å². The summed E-state index contributed by atoms with van der Waals surface area (Å²) < 4.78 is 5.06. The van der Waals surface area contributed by atoms with E-state index in [4.69, 9.17) is 4.74 Å². The Labute approximate surface area is 161 Å². The van der Waals surface area contributed by atoms with Crippen molar-refractivity contribution in [2.45, 2.75) is 18.7 Å². The summed E-state index contributed by atoms with van der Waals surface area (Å²) in [5.41, 5.74) is 3.32. The van der Waals surface area contributed by atoms with Crippen molar-refractivity contribution in [3.8, 4) is 0 Å². The number of ether oxygens (including phenoxy) is 1. The summed E-state index contributed by atoms with van der Waals surface area (Å²) in [4.78, 5) is 38.7. The molecular formula is C20H20N2O4S. The van der Waals surface area contributed by atoms with Crippen LogP contribution in [0.15, 0.2) is 47.4 Å². The van der Waals surface area contributed by atoms with Gasteiger partial charge in [-0.2, -0.15) is 0 Å². The molecule has 2 amide bonds. The molecule has 0 spiro atoms. The number of rotatable bonds is 5. The number of carbonyl (C=O) groups is 3. The summed E-state index contributed by atoms with van der Waals surface area (Å²) >= 11 is 1.44. The van der Waals surface area contributed by atoms with Crippen LogP contribution in [-0.4, -0.2) is 36.7 Å². The molecule has 0 fully saturated rings. The number of hydrogen-bond acceptors (Lipinski definition) is 5. The van der Waals surface area contributed by atoms with Crippen molar-refractivity contribution in [3.05, 3.63) is 53.6 Å². The van der Waals surface area contributed by atoms with Gasteiger partial charge in [0.1, 0.15) is 6.54 Å². The van der Waals surface area contributed by atoms with Crippen LogP contribution in [0.3, 0.4) is 0 Å². The molecule has 1 aliphatic rings. The van der Waals surface area contributed by atoms with Crippen molar-refractivity contribution in [2.24, 2.45) is 0 Å². The molecule has 0 saturated carbocycles. The lowest BCUT2D eigenvalue weighted by atomic mass is 10.1. The van der Waals surface area contributed by atoms with Gasteiger partial charge in [0.2, 0.25) is 5.91 Å². The van der Waals surface area contributed by atoms with Crippen LogP contribution >= 0.6 is 11.8 Å². The molecule has 0 atom stereocenters. The predicted octanol–water partition coefficient (Wildman–Crippen LogP) is 2.92. The first-order valence-electron chi connectivity index (χ1n) is 8.49. The van der Waals surface area contributed by atoms with Gasteiger partial charge in [-0.3, -0.25) is 19.3 Å². The predicted molar refractivity (Wildman–Crippen MR) is 105 cm³/mol. The maximum Gasteiger partial charge on any atom is 0.326 e. The SMILES string of the molecule is Cc1ccc(C)c(NC(=O)COC(=O)CN2C(=O)CSc3ccccc32)c1. The average Bonchev–Trinajstić information content (AvgIpc) is 2.65. The highest BCUT2D eigenvalue weighted by atomic mass is 32.2. The fraction of sp³-hybridized carbons (Fsp3) is 0.250. The smallest absolute Gasteiger partial charge is 0.326 e. The van der Waals surface area contributed by atoms with Gasteiger partial charge in [0.15, 0.2) is 6.61 Å². The molecule has 2 aromatic rings. The lowest BCUT2D eigenvalue weighted by molar-refractivity contribution is -0.146. The first kappa shape index (κ1) is 19.0. The molecule has 0 aromatic heterocycles. The van der Waals surface area contributed by atoms with Gasteiger partial charge < -0.3 is 10.1 Å². The third-order valence-corrected chi connectivity index (χ3v) is 5.17. The molecule has 0 aliphatic carbocycles. The molecule has 27 heavy (non-hydrogen) atoms. The van der Waals surface area contributed by atoms with E-state index in [0.29, 0.717) is 11.4 Å². The van der Waals surface area contributed by atoms with Gasteiger partial charge in [-0.15, -0.1) is 11.8 Å². The third-order valence-electron chi connectivity index (χ3n) is 4.13. The topological polar surface area (TPSA) is 75.7 Å². The van der Waals surface area contributed by atoms with Crippen LogP contribution in [0.1, 0.15) is 11.1 Å². The number of amides is 2. The zero-order valence-electron chi connectivity index (χ0n) is 15.2. The van der Waals surface area contributed by atoms with Crippen molar-refractivity contribution in [1.29, 1.82) is 0 Å². The summed E-state index contributed by atoms with van der Waals surface area (Å²) in [7, 11) is 0.